The number of rotatable bonds is 6. The number of nitrogens with one attached hydrogen (secondary N) is 1. The molecule has 0 unspecified atom stereocenters. The number of piperidine rings is 1. The monoisotopic (exact) mass is 448 g/mol. The van der Waals surface area contributed by atoms with Crippen molar-refractivity contribution in [3.63, 3.8) is 0 Å². The number of anilines is 1. The predicted octanol–water partition coefficient (Wildman–Crippen LogP) is 4.20. The molecule has 2 aromatic heterocycles. The highest BCUT2D eigenvalue weighted by Crippen LogP contribution is 2.32. The van der Waals surface area contributed by atoms with Gasteiger partial charge in [0.15, 0.2) is 5.75 Å². The van der Waals surface area contributed by atoms with Gasteiger partial charge in [0.05, 0.1) is 12.8 Å². The number of hydrogen-bond acceptors (Lipinski definition) is 7. The molecule has 2 aliphatic heterocycles. The first kappa shape index (κ1) is 25.1. The van der Waals surface area contributed by atoms with E-state index in [1.807, 2.05) is 19.1 Å². The van der Waals surface area contributed by atoms with Crippen LogP contribution in [0.25, 0.3) is 0 Å². The van der Waals surface area contributed by atoms with Crippen molar-refractivity contribution >= 4 is 19.2 Å². The van der Waals surface area contributed by atoms with Crippen molar-refractivity contribution in [2.75, 3.05) is 45.3 Å². The van der Waals surface area contributed by atoms with Gasteiger partial charge in [-0.25, -0.2) is 9.97 Å². The molecule has 0 amide bonds. The largest absolute Gasteiger partial charge is 0.484 e. The molecule has 0 aromatic carbocycles. The van der Waals surface area contributed by atoms with E-state index in [9.17, 15) is 0 Å². The number of hydrogen-bond donors (Lipinski definition) is 1. The number of aromatic nitrogens is 2. The summed E-state index contributed by atoms with van der Waals surface area (Å²) in [7, 11) is 1.65. The second-order valence-electron chi connectivity index (χ2n) is 7.84. The molecule has 0 saturated carbocycles. The van der Waals surface area contributed by atoms with Gasteiger partial charge in [-0.15, -0.1) is 0 Å². The highest BCUT2D eigenvalue weighted by molar-refractivity contribution is 7.59. The molecule has 2 aliphatic rings. The molecule has 4 heterocycles. The lowest BCUT2D eigenvalue weighted by Crippen LogP contribution is -2.39. The summed E-state index contributed by atoms with van der Waals surface area (Å²) in [6.45, 7) is 8.44. The lowest BCUT2D eigenvalue weighted by Gasteiger charge is -2.37. The van der Waals surface area contributed by atoms with Crippen LogP contribution in [-0.4, -0.2) is 54.8 Å². The van der Waals surface area contributed by atoms with E-state index in [1.54, 1.807) is 7.11 Å². The molecule has 1 N–H and O–H groups in total. The van der Waals surface area contributed by atoms with Gasteiger partial charge in [-0.3, -0.25) is 4.90 Å². The maximum absolute atomic E-state index is 5.66. The maximum atomic E-state index is 5.66. The first-order chi connectivity index (χ1) is 14.1. The van der Waals surface area contributed by atoms with Crippen molar-refractivity contribution in [1.82, 2.24) is 14.9 Å². The molecule has 0 bridgehead atoms. The predicted molar refractivity (Wildman–Crippen MR) is 129 cm³/mol. The summed E-state index contributed by atoms with van der Waals surface area (Å²) in [5.41, 5.74) is 3.06. The number of likely N-dealkylation sites (tertiary alicyclic amines) is 1. The molecule has 8 heteroatoms. The molecular weight excluding hydrogens is 412 g/mol. The molecule has 7 nitrogen and oxygen atoms in total. The molecule has 172 valence electrons. The van der Waals surface area contributed by atoms with Crippen LogP contribution in [0.4, 0.5) is 5.69 Å². The summed E-state index contributed by atoms with van der Waals surface area (Å²) in [5.74, 6) is 2.60. The van der Waals surface area contributed by atoms with Crippen LogP contribution >= 0.6 is 13.5 Å². The third-order valence-corrected chi connectivity index (χ3v) is 5.69. The number of nitrogens with zero attached hydrogens (tertiary/aromatic N) is 3. The lowest BCUT2D eigenvalue weighted by molar-refractivity contribution is 0.131. The summed E-state index contributed by atoms with van der Waals surface area (Å²) >= 11 is 0. The molecule has 0 aliphatic carbocycles. The van der Waals surface area contributed by atoms with Gasteiger partial charge < -0.3 is 19.5 Å². The Kier molecular flexibility index (Phi) is 9.25. The minimum absolute atomic E-state index is 0. The highest BCUT2D eigenvalue weighted by Gasteiger charge is 2.26. The third kappa shape index (κ3) is 6.17. The van der Waals surface area contributed by atoms with Gasteiger partial charge in [-0.05, 0) is 57.4 Å². The van der Waals surface area contributed by atoms with E-state index in [0.717, 1.165) is 42.5 Å². The zero-order valence-electron chi connectivity index (χ0n) is 18.0. The van der Waals surface area contributed by atoms with Crippen LogP contribution in [0.1, 0.15) is 44.6 Å². The van der Waals surface area contributed by atoms with Gasteiger partial charge >= 0.3 is 0 Å². The van der Waals surface area contributed by atoms with Gasteiger partial charge in [0, 0.05) is 36.6 Å². The van der Waals surface area contributed by atoms with E-state index >= 15 is 0 Å². The van der Waals surface area contributed by atoms with Crippen LogP contribution in [0.3, 0.4) is 0 Å². The van der Waals surface area contributed by atoms with E-state index in [2.05, 4.69) is 34.3 Å². The van der Waals surface area contributed by atoms with Crippen LogP contribution in [0.15, 0.2) is 24.3 Å². The van der Waals surface area contributed by atoms with Gasteiger partial charge in [-0.1, -0.05) is 7.43 Å². The summed E-state index contributed by atoms with van der Waals surface area (Å²) < 4.78 is 16.5. The summed E-state index contributed by atoms with van der Waals surface area (Å²) in [5, 5.41) is 3.57. The Labute approximate surface area is 193 Å². The van der Waals surface area contributed by atoms with E-state index in [0.29, 0.717) is 30.9 Å². The second kappa shape index (κ2) is 11.4. The van der Waals surface area contributed by atoms with Crippen molar-refractivity contribution in [1.29, 1.82) is 0 Å². The normalized spacial score (nSPS) is 18.9. The van der Waals surface area contributed by atoms with Crippen LogP contribution in [0.5, 0.6) is 17.5 Å². The average Bonchev–Trinajstić information content (AvgIpc) is 2.76. The molecule has 2 aromatic rings. The first-order valence-corrected chi connectivity index (χ1v) is 10.4. The zero-order chi connectivity index (χ0) is 20.2. The fourth-order valence-corrected chi connectivity index (χ4v) is 4.09. The van der Waals surface area contributed by atoms with Gasteiger partial charge in [-0.2, -0.15) is 13.5 Å². The molecule has 4 rings (SSSR count). The Hall–Kier alpha value is -2.19. The highest BCUT2D eigenvalue weighted by atomic mass is 32.1. The third-order valence-electron chi connectivity index (χ3n) is 5.69. The van der Waals surface area contributed by atoms with Crippen molar-refractivity contribution in [3.05, 3.63) is 35.7 Å². The topological polar surface area (TPSA) is 68.7 Å². The number of aryl methyl sites for hydroxylation is 1. The number of methoxy groups -OCH3 is 1. The van der Waals surface area contributed by atoms with E-state index in [1.165, 1.54) is 12.8 Å². The smallest absolute Gasteiger partial charge is 0.257 e. The SMILES string of the molecule is C.COc1cc(NC[C@@H]2CCCN([C@H](C)c3ccc4c(n3)OCCO4)C2)cc(C)n1.S. The van der Waals surface area contributed by atoms with Gasteiger partial charge in [0.25, 0.3) is 5.88 Å². The summed E-state index contributed by atoms with van der Waals surface area (Å²) in [6.07, 6.45) is 2.42. The Morgan fingerprint density at radius 2 is 2.03 bits per heavy atom. The van der Waals surface area contributed by atoms with Crippen molar-refractivity contribution < 1.29 is 14.2 Å². The van der Waals surface area contributed by atoms with Crippen molar-refractivity contribution in [2.24, 2.45) is 5.92 Å². The second-order valence-corrected chi connectivity index (χ2v) is 7.84. The minimum atomic E-state index is 0. The minimum Gasteiger partial charge on any atom is -0.484 e. The fraction of sp³-hybridized carbons (Fsp3) is 0.565. The zero-order valence-corrected chi connectivity index (χ0v) is 19.0. The lowest BCUT2D eigenvalue weighted by atomic mass is 9.96. The Morgan fingerprint density at radius 3 is 2.84 bits per heavy atom. The Balaban J connectivity index is 0.00000171. The summed E-state index contributed by atoms with van der Waals surface area (Å²) in [6, 6.07) is 8.30. The van der Waals surface area contributed by atoms with Crippen molar-refractivity contribution in [2.45, 2.75) is 40.2 Å². The fourth-order valence-electron chi connectivity index (χ4n) is 4.09. The standard InChI is InChI=1S/C22H30N4O3.CH4.H2S/c1-15-11-18(12-21(24-15)27-3)23-13-17-5-4-8-26(14-17)16(2)19-6-7-20-22(25-19)29-10-9-28-20;;/h6-7,11-12,16-17H,4-5,8-10,13-14H2,1-3H3,(H,23,24);1H4;1H2/t16-,17+;;/m1../s1. The van der Waals surface area contributed by atoms with Gasteiger partial charge in [0.2, 0.25) is 5.88 Å². The molecule has 2 atom stereocenters. The molecule has 0 spiro atoms. The number of pyridine rings is 2. The molecule has 1 fully saturated rings. The Bertz CT molecular complexity index is 852. The molecule has 0 radical (unpaired) electrons. The van der Waals surface area contributed by atoms with E-state index in [-0.39, 0.29) is 27.0 Å². The molecule has 31 heavy (non-hydrogen) atoms. The quantitative estimate of drug-likeness (QED) is 0.710. The number of fused-ring (bicyclic) bond motifs is 1. The van der Waals surface area contributed by atoms with E-state index < -0.39 is 0 Å². The van der Waals surface area contributed by atoms with Crippen LogP contribution in [0.2, 0.25) is 0 Å². The molecular formula is C23H36N4O3S. The number of ether oxygens (including phenoxy) is 3. The Morgan fingerprint density at radius 1 is 1.23 bits per heavy atom. The maximum Gasteiger partial charge on any atom is 0.257 e. The average molecular weight is 449 g/mol. The van der Waals surface area contributed by atoms with Crippen LogP contribution in [-0.2, 0) is 0 Å². The molecule has 1 saturated heterocycles. The van der Waals surface area contributed by atoms with Crippen molar-refractivity contribution in [3.8, 4) is 17.5 Å². The first-order valence-electron chi connectivity index (χ1n) is 10.4. The van der Waals surface area contributed by atoms with Gasteiger partial charge in [0.1, 0.15) is 13.2 Å². The van der Waals surface area contributed by atoms with Crippen LogP contribution < -0.4 is 19.5 Å². The summed E-state index contributed by atoms with van der Waals surface area (Å²) in [4.78, 5) is 11.6. The van der Waals surface area contributed by atoms with E-state index in [4.69, 9.17) is 19.2 Å². The van der Waals surface area contributed by atoms with Crippen LogP contribution in [0, 0.1) is 12.8 Å².